The van der Waals surface area contributed by atoms with Gasteiger partial charge in [-0.05, 0) is 33.9 Å². The Kier molecular flexibility index (Phi) is 5.34. The van der Waals surface area contributed by atoms with Crippen LogP contribution in [0.1, 0.15) is 36.1 Å². The molecule has 2 amide bonds. The van der Waals surface area contributed by atoms with Gasteiger partial charge >= 0.3 is 0 Å². The Morgan fingerprint density at radius 2 is 1.72 bits per heavy atom. The topological polar surface area (TPSA) is 40.6 Å². The molecule has 0 saturated heterocycles. The molecule has 0 aromatic heterocycles. The molecule has 4 nitrogen and oxygen atoms in total. The van der Waals surface area contributed by atoms with Gasteiger partial charge in [0.1, 0.15) is 0 Å². The van der Waals surface area contributed by atoms with E-state index in [2.05, 4.69) is 30.3 Å². The van der Waals surface area contributed by atoms with Crippen LogP contribution in [-0.2, 0) is 22.6 Å². The second-order valence-corrected chi connectivity index (χ2v) is 7.77. The highest BCUT2D eigenvalue weighted by molar-refractivity contribution is 5.86. The summed E-state index contributed by atoms with van der Waals surface area (Å²) in [6.07, 6.45) is 1.14. The first-order chi connectivity index (χ1) is 14.0. The summed E-state index contributed by atoms with van der Waals surface area (Å²) in [4.78, 5) is 28.9. The third-order valence-electron chi connectivity index (χ3n) is 5.90. The minimum atomic E-state index is -0.195. The van der Waals surface area contributed by atoms with E-state index in [1.165, 1.54) is 16.3 Å². The Balaban J connectivity index is 1.55. The summed E-state index contributed by atoms with van der Waals surface area (Å²) < 4.78 is 0. The molecule has 3 aromatic rings. The maximum absolute atomic E-state index is 13.1. The molecule has 0 spiro atoms. The fourth-order valence-electron chi connectivity index (χ4n) is 4.34. The van der Waals surface area contributed by atoms with Crippen molar-refractivity contribution in [2.24, 2.45) is 0 Å². The van der Waals surface area contributed by atoms with Crippen molar-refractivity contribution >= 4 is 22.6 Å². The molecule has 0 aliphatic carbocycles. The highest BCUT2D eigenvalue weighted by atomic mass is 16.2. The molecule has 0 saturated carbocycles. The SMILES string of the molecule is CC(=O)N1CCc2ccccc2C1CC(=O)N(C)Cc1cccc2ccccc12. The predicted octanol–water partition coefficient (Wildman–Crippen LogP) is 4.33. The molecule has 1 unspecified atom stereocenters. The molecule has 148 valence electrons. The van der Waals surface area contributed by atoms with E-state index in [1.54, 1.807) is 11.8 Å². The van der Waals surface area contributed by atoms with E-state index in [1.807, 2.05) is 48.3 Å². The van der Waals surface area contributed by atoms with Gasteiger partial charge in [-0.25, -0.2) is 0 Å². The Morgan fingerprint density at radius 3 is 2.55 bits per heavy atom. The van der Waals surface area contributed by atoms with Crippen molar-refractivity contribution in [3.63, 3.8) is 0 Å². The zero-order valence-electron chi connectivity index (χ0n) is 17.0. The van der Waals surface area contributed by atoms with E-state index in [0.717, 1.165) is 17.5 Å². The maximum atomic E-state index is 13.1. The third-order valence-corrected chi connectivity index (χ3v) is 5.90. The smallest absolute Gasteiger partial charge is 0.225 e. The van der Waals surface area contributed by atoms with Gasteiger partial charge in [0.15, 0.2) is 0 Å². The lowest BCUT2D eigenvalue weighted by Gasteiger charge is -2.37. The van der Waals surface area contributed by atoms with Gasteiger partial charge in [0.05, 0.1) is 12.5 Å². The number of fused-ring (bicyclic) bond motifs is 2. The van der Waals surface area contributed by atoms with E-state index in [4.69, 9.17) is 0 Å². The van der Waals surface area contributed by atoms with Crippen LogP contribution >= 0.6 is 0 Å². The highest BCUT2D eigenvalue weighted by Crippen LogP contribution is 2.33. The number of carbonyl (C=O) groups is 2. The van der Waals surface area contributed by atoms with Gasteiger partial charge in [-0.3, -0.25) is 9.59 Å². The van der Waals surface area contributed by atoms with Gasteiger partial charge in [0.2, 0.25) is 11.8 Å². The second-order valence-electron chi connectivity index (χ2n) is 7.77. The minimum Gasteiger partial charge on any atom is -0.341 e. The van der Waals surface area contributed by atoms with Crippen molar-refractivity contribution in [1.82, 2.24) is 9.80 Å². The van der Waals surface area contributed by atoms with E-state index in [0.29, 0.717) is 19.5 Å². The molecule has 0 N–H and O–H groups in total. The van der Waals surface area contributed by atoms with Crippen LogP contribution in [0.2, 0.25) is 0 Å². The number of hydrogen-bond donors (Lipinski definition) is 0. The Labute approximate surface area is 171 Å². The van der Waals surface area contributed by atoms with Gasteiger partial charge in [-0.15, -0.1) is 0 Å². The van der Waals surface area contributed by atoms with E-state index >= 15 is 0 Å². The van der Waals surface area contributed by atoms with Gasteiger partial charge in [-0.2, -0.15) is 0 Å². The number of hydrogen-bond acceptors (Lipinski definition) is 2. The van der Waals surface area contributed by atoms with Crippen molar-refractivity contribution in [1.29, 1.82) is 0 Å². The Hall–Kier alpha value is -3.14. The molecule has 1 atom stereocenters. The maximum Gasteiger partial charge on any atom is 0.225 e. The highest BCUT2D eigenvalue weighted by Gasteiger charge is 2.31. The summed E-state index contributed by atoms with van der Waals surface area (Å²) in [7, 11) is 1.84. The quantitative estimate of drug-likeness (QED) is 0.669. The van der Waals surface area contributed by atoms with Crippen LogP contribution in [0, 0.1) is 0 Å². The van der Waals surface area contributed by atoms with Crippen LogP contribution in [0.5, 0.6) is 0 Å². The summed E-state index contributed by atoms with van der Waals surface area (Å²) >= 11 is 0. The standard InChI is InChI=1S/C25H26N2O2/c1-18(28)27-15-14-20-9-4-6-13-23(20)24(27)16-25(29)26(2)17-21-11-7-10-19-8-3-5-12-22(19)21/h3-13,24H,14-17H2,1-2H3. The zero-order valence-corrected chi connectivity index (χ0v) is 17.0. The summed E-state index contributed by atoms with van der Waals surface area (Å²) in [5.41, 5.74) is 3.46. The second kappa shape index (κ2) is 8.08. The van der Waals surface area contributed by atoms with Gasteiger partial charge in [-0.1, -0.05) is 66.7 Å². The molecule has 29 heavy (non-hydrogen) atoms. The summed E-state index contributed by atoms with van der Waals surface area (Å²) in [6, 6.07) is 22.4. The number of nitrogens with zero attached hydrogens (tertiary/aromatic N) is 2. The van der Waals surface area contributed by atoms with E-state index < -0.39 is 0 Å². The van der Waals surface area contributed by atoms with Gasteiger partial charge in [0, 0.05) is 27.1 Å². The number of amides is 2. The van der Waals surface area contributed by atoms with Crippen molar-refractivity contribution < 1.29 is 9.59 Å². The first kappa shape index (κ1) is 19.2. The molecule has 1 heterocycles. The van der Waals surface area contributed by atoms with Crippen LogP contribution in [-0.4, -0.2) is 35.2 Å². The van der Waals surface area contributed by atoms with Crippen LogP contribution in [0.25, 0.3) is 10.8 Å². The van der Waals surface area contributed by atoms with Gasteiger partial charge in [0.25, 0.3) is 0 Å². The molecular formula is C25H26N2O2. The fourth-order valence-corrected chi connectivity index (χ4v) is 4.34. The van der Waals surface area contributed by atoms with Crippen LogP contribution in [0.3, 0.4) is 0 Å². The average molecular weight is 386 g/mol. The van der Waals surface area contributed by atoms with Gasteiger partial charge < -0.3 is 9.80 Å². The molecule has 4 rings (SSSR count). The molecular weight excluding hydrogens is 360 g/mol. The molecule has 0 fully saturated rings. The lowest BCUT2D eigenvalue weighted by molar-refractivity contribution is -0.136. The summed E-state index contributed by atoms with van der Waals surface area (Å²) in [5.74, 6) is 0.0693. The fraction of sp³-hybridized carbons (Fsp3) is 0.280. The Morgan fingerprint density at radius 1 is 1.00 bits per heavy atom. The van der Waals surface area contributed by atoms with Crippen molar-refractivity contribution in [2.75, 3.05) is 13.6 Å². The molecule has 0 bridgehead atoms. The summed E-state index contributed by atoms with van der Waals surface area (Å²) in [6.45, 7) is 2.80. The molecule has 3 aromatic carbocycles. The molecule has 4 heteroatoms. The summed E-state index contributed by atoms with van der Waals surface area (Å²) in [5, 5.41) is 2.35. The van der Waals surface area contributed by atoms with Crippen LogP contribution < -0.4 is 0 Å². The first-order valence-electron chi connectivity index (χ1n) is 10.1. The lowest BCUT2D eigenvalue weighted by atomic mass is 9.90. The molecule has 1 aliphatic rings. The predicted molar refractivity (Wildman–Crippen MR) is 115 cm³/mol. The number of carbonyl (C=O) groups excluding carboxylic acids is 2. The molecule has 1 aliphatic heterocycles. The monoisotopic (exact) mass is 386 g/mol. The third kappa shape index (κ3) is 3.88. The van der Waals surface area contributed by atoms with Crippen molar-refractivity contribution in [3.05, 3.63) is 83.4 Å². The first-order valence-corrected chi connectivity index (χ1v) is 10.1. The van der Waals surface area contributed by atoms with Crippen LogP contribution in [0.4, 0.5) is 0 Å². The molecule has 0 radical (unpaired) electrons. The Bertz CT molecular complexity index is 1050. The zero-order chi connectivity index (χ0) is 20.4. The number of rotatable bonds is 4. The van der Waals surface area contributed by atoms with Crippen molar-refractivity contribution in [3.8, 4) is 0 Å². The average Bonchev–Trinajstić information content (AvgIpc) is 2.74. The van der Waals surface area contributed by atoms with Crippen molar-refractivity contribution in [2.45, 2.75) is 32.4 Å². The normalized spacial score (nSPS) is 15.8. The largest absolute Gasteiger partial charge is 0.341 e. The minimum absolute atomic E-state index is 0.0222. The number of benzene rings is 3. The lowest BCUT2D eigenvalue weighted by Crippen LogP contribution is -2.41. The van der Waals surface area contributed by atoms with Crippen LogP contribution in [0.15, 0.2) is 66.7 Å². The van der Waals surface area contributed by atoms with E-state index in [-0.39, 0.29) is 17.9 Å². The van der Waals surface area contributed by atoms with E-state index in [9.17, 15) is 9.59 Å².